The number of benzene rings is 1. The second kappa shape index (κ2) is 6.26. The van der Waals surface area contributed by atoms with Gasteiger partial charge < -0.3 is 9.88 Å². The molecular weight excluding hydrogens is 286 g/mol. The van der Waals surface area contributed by atoms with E-state index in [4.69, 9.17) is 0 Å². The first-order chi connectivity index (χ1) is 9.86. The standard InChI is InChI=1S/C14H15F4N3/c1-10(8-21-5-4-19-9-21)20-7-11-2-3-13(15)12(6-11)14(16,17)18/h2-6,9-10,20H,7-8H2,1H3/t10-/m0/s1. The van der Waals surface area contributed by atoms with Gasteiger partial charge in [0.25, 0.3) is 0 Å². The van der Waals surface area contributed by atoms with Crippen LogP contribution in [0.5, 0.6) is 0 Å². The van der Waals surface area contributed by atoms with Crippen LogP contribution in [0.1, 0.15) is 18.1 Å². The molecular formula is C14H15F4N3. The Morgan fingerprint density at radius 2 is 2.10 bits per heavy atom. The second-order valence-electron chi connectivity index (χ2n) is 4.85. The van der Waals surface area contributed by atoms with Crippen LogP contribution in [0.4, 0.5) is 17.6 Å². The van der Waals surface area contributed by atoms with Crippen molar-refractivity contribution in [2.75, 3.05) is 0 Å². The van der Waals surface area contributed by atoms with E-state index in [0.717, 1.165) is 12.1 Å². The summed E-state index contributed by atoms with van der Waals surface area (Å²) in [5.74, 6) is -1.25. The van der Waals surface area contributed by atoms with Crippen molar-refractivity contribution < 1.29 is 17.6 Å². The van der Waals surface area contributed by atoms with E-state index in [-0.39, 0.29) is 12.6 Å². The molecule has 0 spiro atoms. The smallest absolute Gasteiger partial charge is 0.336 e. The van der Waals surface area contributed by atoms with Gasteiger partial charge in [0.15, 0.2) is 0 Å². The molecule has 3 nitrogen and oxygen atoms in total. The Morgan fingerprint density at radius 1 is 1.33 bits per heavy atom. The molecule has 7 heteroatoms. The molecule has 0 radical (unpaired) electrons. The predicted octanol–water partition coefficient (Wildman–Crippen LogP) is 3.22. The summed E-state index contributed by atoms with van der Waals surface area (Å²) < 4.78 is 52.9. The summed E-state index contributed by atoms with van der Waals surface area (Å²) in [4.78, 5) is 3.91. The first-order valence-corrected chi connectivity index (χ1v) is 6.41. The largest absolute Gasteiger partial charge is 0.419 e. The van der Waals surface area contributed by atoms with Crippen LogP contribution in [0.3, 0.4) is 0 Å². The van der Waals surface area contributed by atoms with Crippen molar-refractivity contribution in [1.82, 2.24) is 14.9 Å². The maximum absolute atomic E-state index is 13.2. The molecule has 0 aliphatic heterocycles. The Balaban J connectivity index is 1.97. The van der Waals surface area contributed by atoms with Crippen LogP contribution in [0.25, 0.3) is 0 Å². The lowest BCUT2D eigenvalue weighted by Crippen LogP contribution is -2.29. The number of alkyl halides is 3. The highest BCUT2D eigenvalue weighted by molar-refractivity contribution is 5.27. The van der Waals surface area contributed by atoms with E-state index in [0.29, 0.717) is 12.1 Å². The van der Waals surface area contributed by atoms with Crippen LogP contribution in [-0.4, -0.2) is 15.6 Å². The molecule has 114 valence electrons. The molecule has 1 aromatic carbocycles. The van der Waals surface area contributed by atoms with Crippen molar-refractivity contribution in [2.45, 2.75) is 32.2 Å². The van der Waals surface area contributed by atoms with E-state index in [2.05, 4.69) is 10.3 Å². The van der Waals surface area contributed by atoms with Crippen LogP contribution in [0.2, 0.25) is 0 Å². The third-order valence-corrected chi connectivity index (χ3v) is 3.03. The number of nitrogens with zero attached hydrogens (tertiary/aromatic N) is 2. The van der Waals surface area contributed by atoms with Crippen LogP contribution in [0.15, 0.2) is 36.9 Å². The third-order valence-electron chi connectivity index (χ3n) is 3.03. The highest BCUT2D eigenvalue weighted by atomic mass is 19.4. The highest BCUT2D eigenvalue weighted by Gasteiger charge is 2.34. The quantitative estimate of drug-likeness (QED) is 0.859. The Bertz CT molecular complexity index is 578. The van der Waals surface area contributed by atoms with Gasteiger partial charge in [0.2, 0.25) is 0 Å². The summed E-state index contributed by atoms with van der Waals surface area (Å²) in [5, 5.41) is 3.10. The van der Waals surface area contributed by atoms with E-state index < -0.39 is 17.6 Å². The maximum Gasteiger partial charge on any atom is 0.419 e. The topological polar surface area (TPSA) is 29.9 Å². The first-order valence-electron chi connectivity index (χ1n) is 6.41. The molecule has 0 aliphatic rings. The zero-order valence-electron chi connectivity index (χ0n) is 11.4. The summed E-state index contributed by atoms with van der Waals surface area (Å²) in [6, 6.07) is 3.08. The van der Waals surface area contributed by atoms with Crippen molar-refractivity contribution in [3.05, 3.63) is 53.9 Å². The van der Waals surface area contributed by atoms with Gasteiger partial charge in [-0.2, -0.15) is 13.2 Å². The van der Waals surface area contributed by atoms with E-state index in [1.165, 1.54) is 6.07 Å². The van der Waals surface area contributed by atoms with Gasteiger partial charge in [-0.15, -0.1) is 0 Å². The Morgan fingerprint density at radius 3 is 2.71 bits per heavy atom. The minimum Gasteiger partial charge on any atom is -0.336 e. The fourth-order valence-corrected chi connectivity index (χ4v) is 1.97. The van der Waals surface area contributed by atoms with Crippen molar-refractivity contribution in [2.24, 2.45) is 0 Å². The number of rotatable bonds is 5. The molecule has 21 heavy (non-hydrogen) atoms. The molecule has 0 amide bonds. The minimum atomic E-state index is -4.68. The van der Waals surface area contributed by atoms with Gasteiger partial charge in [0, 0.05) is 31.5 Å². The number of hydrogen-bond acceptors (Lipinski definition) is 2. The van der Waals surface area contributed by atoms with Gasteiger partial charge in [0.1, 0.15) is 5.82 Å². The van der Waals surface area contributed by atoms with Gasteiger partial charge in [-0.05, 0) is 24.6 Å². The first kappa shape index (κ1) is 15.5. The number of nitrogens with one attached hydrogen (secondary N) is 1. The van der Waals surface area contributed by atoms with Crippen LogP contribution >= 0.6 is 0 Å². The summed E-state index contributed by atoms with van der Waals surface area (Å²) in [5.41, 5.74) is -0.842. The van der Waals surface area contributed by atoms with Crippen molar-refractivity contribution in [1.29, 1.82) is 0 Å². The normalized spacial score (nSPS) is 13.4. The zero-order valence-corrected chi connectivity index (χ0v) is 11.4. The predicted molar refractivity (Wildman–Crippen MR) is 69.9 cm³/mol. The van der Waals surface area contributed by atoms with Crippen molar-refractivity contribution in [3.63, 3.8) is 0 Å². The Hall–Kier alpha value is -1.89. The molecule has 2 rings (SSSR count). The molecule has 0 fully saturated rings. The van der Waals surface area contributed by atoms with Gasteiger partial charge in [-0.3, -0.25) is 0 Å². The van der Waals surface area contributed by atoms with Gasteiger partial charge in [-0.25, -0.2) is 9.37 Å². The molecule has 2 aromatic rings. The lowest BCUT2D eigenvalue weighted by molar-refractivity contribution is -0.140. The fraction of sp³-hybridized carbons (Fsp3) is 0.357. The fourth-order valence-electron chi connectivity index (χ4n) is 1.97. The number of imidazole rings is 1. The molecule has 0 saturated heterocycles. The van der Waals surface area contributed by atoms with Crippen molar-refractivity contribution in [3.8, 4) is 0 Å². The average molecular weight is 301 g/mol. The monoisotopic (exact) mass is 301 g/mol. The minimum absolute atomic E-state index is 0.0404. The second-order valence-corrected chi connectivity index (χ2v) is 4.85. The summed E-state index contributed by atoms with van der Waals surface area (Å²) in [6.45, 7) is 2.79. The van der Waals surface area contributed by atoms with E-state index in [1.54, 1.807) is 18.7 Å². The molecule has 1 heterocycles. The van der Waals surface area contributed by atoms with Crippen LogP contribution in [-0.2, 0) is 19.3 Å². The average Bonchev–Trinajstić information content (AvgIpc) is 2.89. The van der Waals surface area contributed by atoms with Gasteiger partial charge in [-0.1, -0.05) is 6.07 Å². The third kappa shape index (κ3) is 4.29. The van der Waals surface area contributed by atoms with Gasteiger partial charge >= 0.3 is 6.18 Å². The van der Waals surface area contributed by atoms with E-state index in [1.807, 2.05) is 11.5 Å². The SMILES string of the molecule is C[C@@H](Cn1ccnc1)NCc1ccc(F)c(C(F)(F)F)c1. The molecule has 0 saturated carbocycles. The highest BCUT2D eigenvalue weighted by Crippen LogP contribution is 2.31. The molecule has 1 N–H and O–H groups in total. The summed E-state index contributed by atoms with van der Waals surface area (Å²) in [6.07, 6.45) is 0.445. The number of halogens is 4. The summed E-state index contributed by atoms with van der Waals surface area (Å²) >= 11 is 0. The summed E-state index contributed by atoms with van der Waals surface area (Å²) in [7, 11) is 0. The van der Waals surface area contributed by atoms with Crippen molar-refractivity contribution >= 4 is 0 Å². The lowest BCUT2D eigenvalue weighted by Gasteiger charge is -2.15. The van der Waals surface area contributed by atoms with Crippen LogP contribution < -0.4 is 5.32 Å². The Labute approximate surface area is 119 Å². The Kier molecular flexibility index (Phi) is 4.62. The lowest BCUT2D eigenvalue weighted by atomic mass is 10.1. The molecule has 1 atom stereocenters. The van der Waals surface area contributed by atoms with Gasteiger partial charge in [0.05, 0.1) is 11.9 Å². The van der Waals surface area contributed by atoms with Crippen LogP contribution in [0, 0.1) is 5.82 Å². The molecule has 0 unspecified atom stereocenters. The number of aromatic nitrogens is 2. The van der Waals surface area contributed by atoms with E-state index >= 15 is 0 Å². The molecule has 0 bridgehead atoms. The number of hydrogen-bond donors (Lipinski definition) is 1. The molecule has 1 aromatic heterocycles. The maximum atomic E-state index is 13.2. The molecule has 0 aliphatic carbocycles. The van der Waals surface area contributed by atoms with E-state index in [9.17, 15) is 17.6 Å². The zero-order chi connectivity index (χ0) is 15.5.